The van der Waals surface area contributed by atoms with Crippen molar-refractivity contribution in [1.82, 2.24) is 10.2 Å². The maximum Gasteiger partial charge on any atom is 0.247 e. The zero-order chi connectivity index (χ0) is 31.1. The fraction of sp³-hybridized carbons (Fsp3) is 0.469. The summed E-state index contributed by atoms with van der Waals surface area (Å²) in [5.41, 5.74) is 1.72. The maximum atomic E-state index is 13.8. The van der Waals surface area contributed by atoms with Crippen LogP contribution in [0.1, 0.15) is 72.9 Å². The number of aliphatic hydroxyl groups excluding tert-OH is 2. The van der Waals surface area contributed by atoms with Gasteiger partial charge in [-0.2, -0.15) is 0 Å². The number of aliphatic hydroxyl groups is 2. The highest BCUT2D eigenvalue weighted by atomic mass is 35.5. The summed E-state index contributed by atoms with van der Waals surface area (Å²) >= 11 is 12.6. The van der Waals surface area contributed by atoms with E-state index in [1.54, 1.807) is 30.3 Å². The molecular formula is C32H38Cl2N2O7. The summed E-state index contributed by atoms with van der Waals surface area (Å²) in [4.78, 5) is 40.6. The number of rotatable bonds is 14. The number of carbonyl (C=O) groups excluding carboxylic acids is 3. The molecule has 9 nitrogen and oxygen atoms in total. The van der Waals surface area contributed by atoms with E-state index in [2.05, 4.69) is 12.2 Å². The van der Waals surface area contributed by atoms with Gasteiger partial charge in [0.25, 0.3) is 0 Å². The van der Waals surface area contributed by atoms with Crippen molar-refractivity contribution in [3.63, 3.8) is 0 Å². The molecule has 2 aromatic carbocycles. The van der Waals surface area contributed by atoms with Crippen LogP contribution in [0.25, 0.3) is 0 Å². The van der Waals surface area contributed by atoms with Crippen LogP contribution in [0.15, 0.2) is 42.0 Å². The molecule has 11 heteroatoms. The summed E-state index contributed by atoms with van der Waals surface area (Å²) in [7, 11) is 1.44. The summed E-state index contributed by atoms with van der Waals surface area (Å²) in [6.45, 7) is 1.93. The Morgan fingerprint density at radius 1 is 1.14 bits per heavy atom. The largest absolute Gasteiger partial charge is 0.493 e. The van der Waals surface area contributed by atoms with Crippen molar-refractivity contribution in [2.75, 3.05) is 20.3 Å². The lowest BCUT2D eigenvalue weighted by molar-refractivity contribution is -0.138. The van der Waals surface area contributed by atoms with Crippen LogP contribution in [-0.4, -0.2) is 71.7 Å². The first-order chi connectivity index (χ1) is 20.7. The molecule has 1 heterocycles. The van der Waals surface area contributed by atoms with Gasteiger partial charge in [-0.25, -0.2) is 0 Å². The number of amides is 2. The fourth-order valence-electron chi connectivity index (χ4n) is 5.78. The Morgan fingerprint density at radius 2 is 1.91 bits per heavy atom. The molecule has 232 valence electrons. The third kappa shape index (κ3) is 7.34. The number of halogens is 2. The minimum atomic E-state index is -1.24. The zero-order valence-corrected chi connectivity index (χ0v) is 25.9. The van der Waals surface area contributed by atoms with Crippen LogP contribution in [0, 0.1) is 0 Å². The van der Waals surface area contributed by atoms with E-state index in [0.29, 0.717) is 50.9 Å². The van der Waals surface area contributed by atoms with Gasteiger partial charge in [-0.1, -0.05) is 61.9 Å². The number of ether oxygens (including phenoxy) is 2. The molecule has 3 N–H and O–H groups in total. The van der Waals surface area contributed by atoms with Crippen LogP contribution in [-0.2, 0) is 16.1 Å². The predicted molar refractivity (Wildman–Crippen MR) is 164 cm³/mol. The molecule has 0 spiro atoms. The van der Waals surface area contributed by atoms with Crippen LogP contribution in [0.4, 0.5) is 0 Å². The van der Waals surface area contributed by atoms with Crippen molar-refractivity contribution in [2.24, 2.45) is 0 Å². The SMILES string of the molecule is CCCCCCCC(=O)N(Cc1ccc(Cl)cc1Cl)C1C=C(C(=O)NCCO)C2c3cc(C=O)cc(OC)c3OC2C1O. The highest BCUT2D eigenvalue weighted by Crippen LogP contribution is 2.51. The van der Waals surface area contributed by atoms with E-state index < -0.39 is 30.1 Å². The maximum absolute atomic E-state index is 13.8. The lowest BCUT2D eigenvalue weighted by Crippen LogP contribution is -2.55. The number of hydrogen-bond acceptors (Lipinski definition) is 7. The lowest BCUT2D eigenvalue weighted by atomic mass is 9.77. The fourth-order valence-corrected chi connectivity index (χ4v) is 6.24. The first kappa shape index (κ1) is 32.8. The topological polar surface area (TPSA) is 125 Å². The second-order valence-corrected chi connectivity index (χ2v) is 11.7. The molecule has 0 radical (unpaired) electrons. The van der Waals surface area contributed by atoms with Gasteiger partial charge in [0.15, 0.2) is 11.5 Å². The summed E-state index contributed by atoms with van der Waals surface area (Å²) in [5.74, 6) is -0.824. The highest BCUT2D eigenvalue weighted by Gasteiger charge is 2.51. The first-order valence-corrected chi connectivity index (χ1v) is 15.4. The summed E-state index contributed by atoms with van der Waals surface area (Å²) in [5, 5.41) is 24.7. The number of benzene rings is 2. The monoisotopic (exact) mass is 632 g/mol. The van der Waals surface area contributed by atoms with Gasteiger partial charge in [0.2, 0.25) is 11.8 Å². The highest BCUT2D eigenvalue weighted by molar-refractivity contribution is 6.35. The molecule has 2 aliphatic rings. The molecule has 0 fully saturated rings. The van der Waals surface area contributed by atoms with Gasteiger partial charge >= 0.3 is 0 Å². The Labute approximate surface area is 261 Å². The summed E-state index contributed by atoms with van der Waals surface area (Å²) in [6, 6.07) is 7.20. The van der Waals surface area contributed by atoms with Gasteiger partial charge < -0.3 is 29.9 Å². The molecule has 2 amide bonds. The number of nitrogens with one attached hydrogen (secondary N) is 1. The first-order valence-electron chi connectivity index (χ1n) is 14.6. The van der Waals surface area contributed by atoms with E-state index in [9.17, 15) is 24.6 Å². The van der Waals surface area contributed by atoms with Crippen molar-refractivity contribution in [2.45, 2.75) is 76.2 Å². The Morgan fingerprint density at radius 3 is 2.58 bits per heavy atom. The Kier molecular flexibility index (Phi) is 11.5. The van der Waals surface area contributed by atoms with Gasteiger partial charge in [-0.15, -0.1) is 0 Å². The van der Waals surface area contributed by atoms with E-state index in [1.165, 1.54) is 18.1 Å². The Hall–Kier alpha value is -3.11. The van der Waals surface area contributed by atoms with Gasteiger partial charge in [-0.05, 0) is 42.3 Å². The molecule has 4 rings (SSSR count). The van der Waals surface area contributed by atoms with Gasteiger partial charge in [0.1, 0.15) is 18.5 Å². The normalized spacial score (nSPS) is 20.4. The van der Waals surface area contributed by atoms with Crippen LogP contribution < -0.4 is 14.8 Å². The molecule has 0 saturated carbocycles. The second-order valence-electron chi connectivity index (χ2n) is 10.8. The molecule has 4 unspecified atom stereocenters. The summed E-state index contributed by atoms with van der Waals surface area (Å²) in [6.07, 6.45) is 5.08. The minimum absolute atomic E-state index is 0.00693. The molecule has 4 atom stereocenters. The van der Waals surface area contributed by atoms with Crippen LogP contribution in [0.5, 0.6) is 11.5 Å². The molecule has 0 aromatic heterocycles. The molecule has 2 aromatic rings. The van der Waals surface area contributed by atoms with Crippen molar-refractivity contribution in [3.8, 4) is 11.5 Å². The zero-order valence-electron chi connectivity index (χ0n) is 24.4. The Bertz CT molecular complexity index is 1370. The van der Waals surface area contributed by atoms with Crippen LogP contribution >= 0.6 is 23.2 Å². The quantitative estimate of drug-likeness (QED) is 0.201. The molecule has 43 heavy (non-hydrogen) atoms. The minimum Gasteiger partial charge on any atom is -0.493 e. The standard InChI is InChI=1S/C32H38Cl2N2O7/c1-3-4-5-6-7-8-27(39)36(17-20-9-10-21(33)15-24(20)34)25-16-23(32(41)35-11-12-37)28-22-13-19(18-38)14-26(42-2)30(22)43-31(28)29(25)40/h9-10,13-16,18,25,28-29,31,37,40H,3-8,11-12,17H2,1-2H3,(H,35,41). The smallest absolute Gasteiger partial charge is 0.247 e. The van der Waals surface area contributed by atoms with Crippen molar-refractivity contribution in [3.05, 3.63) is 68.7 Å². The van der Waals surface area contributed by atoms with Gasteiger partial charge in [0.05, 0.1) is 25.7 Å². The number of carbonyl (C=O) groups is 3. The number of nitrogens with zero attached hydrogens (tertiary/aromatic N) is 1. The predicted octanol–water partition coefficient (Wildman–Crippen LogP) is 4.83. The average Bonchev–Trinajstić information content (AvgIpc) is 3.39. The van der Waals surface area contributed by atoms with Gasteiger partial charge in [0, 0.05) is 46.3 Å². The summed E-state index contributed by atoms with van der Waals surface area (Å²) < 4.78 is 11.7. The number of fused-ring (bicyclic) bond motifs is 3. The third-order valence-electron chi connectivity index (χ3n) is 7.94. The van der Waals surface area contributed by atoms with E-state index in [0.717, 1.165) is 25.7 Å². The van der Waals surface area contributed by atoms with E-state index in [-0.39, 0.29) is 37.6 Å². The average molecular weight is 634 g/mol. The molecule has 1 aliphatic carbocycles. The van der Waals surface area contributed by atoms with Crippen LogP contribution in [0.3, 0.4) is 0 Å². The molecule has 0 bridgehead atoms. The second kappa shape index (κ2) is 15.1. The molecule has 0 saturated heterocycles. The third-order valence-corrected chi connectivity index (χ3v) is 8.53. The van der Waals surface area contributed by atoms with E-state index in [4.69, 9.17) is 32.7 Å². The van der Waals surface area contributed by atoms with E-state index >= 15 is 0 Å². The van der Waals surface area contributed by atoms with Gasteiger partial charge in [-0.3, -0.25) is 14.4 Å². The molecule has 1 aliphatic heterocycles. The van der Waals surface area contributed by atoms with Crippen molar-refractivity contribution in [1.29, 1.82) is 0 Å². The van der Waals surface area contributed by atoms with E-state index in [1.807, 2.05) is 0 Å². The van der Waals surface area contributed by atoms with Crippen molar-refractivity contribution >= 4 is 41.3 Å². The number of methoxy groups -OCH3 is 1. The molecular weight excluding hydrogens is 595 g/mol. The Balaban J connectivity index is 1.77. The van der Waals surface area contributed by atoms with Crippen molar-refractivity contribution < 1.29 is 34.1 Å². The number of aldehydes is 1. The lowest BCUT2D eigenvalue weighted by Gasteiger charge is -2.41. The number of hydrogen-bond donors (Lipinski definition) is 3. The van der Waals surface area contributed by atoms with Crippen LogP contribution in [0.2, 0.25) is 10.0 Å². The number of unbranched alkanes of at least 4 members (excludes halogenated alkanes) is 4.